The SMILES string of the molecule is C=CCn1c(SCc2ccc(Cl)c(Cl)c2)nnc1-c1ccc(OCCCC)cc1. The van der Waals surface area contributed by atoms with Crippen molar-refractivity contribution in [2.24, 2.45) is 0 Å². The molecule has 0 saturated heterocycles. The highest BCUT2D eigenvalue weighted by Gasteiger charge is 2.14. The highest BCUT2D eigenvalue weighted by Crippen LogP contribution is 2.29. The number of thioether (sulfide) groups is 1. The fourth-order valence-electron chi connectivity index (χ4n) is 2.71. The third-order valence-electron chi connectivity index (χ3n) is 4.26. The standard InChI is InChI=1S/C22H23Cl2N3OS/c1-3-5-13-28-18-9-7-17(8-10-18)21-25-26-22(27(21)12-4-2)29-15-16-6-11-19(23)20(24)14-16/h4,6-11,14H,2-3,5,12-13,15H2,1H3. The zero-order chi connectivity index (χ0) is 20.6. The van der Waals surface area contributed by atoms with E-state index < -0.39 is 0 Å². The molecule has 2 aromatic carbocycles. The summed E-state index contributed by atoms with van der Waals surface area (Å²) in [5, 5.41) is 10.7. The molecule has 0 radical (unpaired) electrons. The van der Waals surface area contributed by atoms with Crippen molar-refractivity contribution < 1.29 is 4.74 Å². The molecule has 0 unspecified atom stereocenters. The summed E-state index contributed by atoms with van der Waals surface area (Å²) in [6, 6.07) is 13.6. The number of ether oxygens (including phenoxy) is 1. The molecule has 0 aliphatic carbocycles. The quantitative estimate of drug-likeness (QED) is 0.192. The second kappa shape index (κ2) is 10.7. The number of allylic oxidation sites excluding steroid dienone is 1. The first-order valence-electron chi connectivity index (χ1n) is 9.46. The van der Waals surface area contributed by atoms with E-state index in [4.69, 9.17) is 27.9 Å². The Kier molecular flexibility index (Phi) is 8.04. The van der Waals surface area contributed by atoms with Crippen LogP contribution in [0, 0.1) is 0 Å². The molecule has 0 amide bonds. The second-order valence-electron chi connectivity index (χ2n) is 6.47. The Morgan fingerprint density at radius 1 is 1.10 bits per heavy atom. The van der Waals surface area contributed by atoms with Gasteiger partial charge in [-0.2, -0.15) is 0 Å². The van der Waals surface area contributed by atoms with Crippen molar-refractivity contribution in [3.05, 3.63) is 70.7 Å². The zero-order valence-corrected chi connectivity index (χ0v) is 18.6. The largest absolute Gasteiger partial charge is 0.494 e. The fourth-order valence-corrected chi connectivity index (χ4v) is 3.93. The van der Waals surface area contributed by atoms with Gasteiger partial charge in [-0.05, 0) is 48.4 Å². The number of aromatic nitrogens is 3. The minimum absolute atomic E-state index is 0.555. The average Bonchev–Trinajstić information content (AvgIpc) is 3.12. The molecule has 0 saturated carbocycles. The van der Waals surface area contributed by atoms with E-state index >= 15 is 0 Å². The van der Waals surface area contributed by atoms with Crippen LogP contribution in [-0.4, -0.2) is 21.4 Å². The van der Waals surface area contributed by atoms with Gasteiger partial charge in [0.2, 0.25) is 0 Å². The molecule has 0 aliphatic rings. The van der Waals surface area contributed by atoms with Gasteiger partial charge in [0.05, 0.1) is 16.7 Å². The molecule has 0 aliphatic heterocycles. The van der Waals surface area contributed by atoms with E-state index in [2.05, 4.69) is 28.3 Å². The molecule has 0 bridgehead atoms. The first kappa shape index (κ1) is 21.8. The lowest BCUT2D eigenvalue weighted by molar-refractivity contribution is 0.309. The van der Waals surface area contributed by atoms with Gasteiger partial charge < -0.3 is 4.74 Å². The van der Waals surface area contributed by atoms with Crippen LogP contribution in [0.15, 0.2) is 60.3 Å². The third kappa shape index (κ3) is 5.78. The maximum absolute atomic E-state index is 6.12. The molecule has 0 spiro atoms. The van der Waals surface area contributed by atoms with Crippen molar-refractivity contribution in [3.63, 3.8) is 0 Å². The van der Waals surface area contributed by atoms with Crippen LogP contribution in [0.1, 0.15) is 25.3 Å². The average molecular weight is 448 g/mol. The number of hydrogen-bond donors (Lipinski definition) is 0. The van der Waals surface area contributed by atoms with Gasteiger partial charge in [0.1, 0.15) is 5.75 Å². The van der Waals surface area contributed by atoms with Crippen molar-refractivity contribution in [3.8, 4) is 17.1 Å². The van der Waals surface area contributed by atoms with E-state index in [0.29, 0.717) is 16.6 Å². The number of halogens is 2. The van der Waals surface area contributed by atoms with Crippen molar-refractivity contribution in [2.45, 2.75) is 37.2 Å². The lowest BCUT2D eigenvalue weighted by Gasteiger charge is -2.09. The molecule has 3 rings (SSSR count). The smallest absolute Gasteiger partial charge is 0.192 e. The Labute approximate surface area is 185 Å². The van der Waals surface area contributed by atoms with Crippen molar-refractivity contribution in [1.82, 2.24) is 14.8 Å². The van der Waals surface area contributed by atoms with Gasteiger partial charge in [-0.15, -0.1) is 16.8 Å². The van der Waals surface area contributed by atoms with Crippen LogP contribution in [0.4, 0.5) is 0 Å². The van der Waals surface area contributed by atoms with E-state index in [1.807, 2.05) is 48.5 Å². The summed E-state index contributed by atoms with van der Waals surface area (Å²) in [6.07, 6.45) is 4.01. The number of unbranched alkanes of at least 4 members (excludes halogenated alkanes) is 1. The summed E-state index contributed by atoms with van der Waals surface area (Å²) in [4.78, 5) is 0. The van der Waals surface area contributed by atoms with E-state index in [1.54, 1.807) is 11.8 Å². The van der Waals surface area contributed by atoms with E-state index in [9.17, 15) is 0 Å². The first-order valence-corrected chi connectivity index (χ1v) is 11.2. The highest BCUT2D eigenvalue weighted by molar-refractivity contribution is 7.98. The summed E-state index contributed by atoms with van der Waals surface area (Å²) in [5.74, 6) is 2.39. The van der Waals surface area contributed by atoms with Gasteiger partial charge in [-0.25, -0.2) is 0 Å². The number of hydrogen-bond acceptors (Lipinski definition) is 4. The molecule has 1 heterocycles. The Bertz CT molecular complexity index is 957. The predicted molar refractivity (Wildman–Crippen MR) is 122 cm³/mol. The molecule has 1 aromatic heterocycles. The summed E-state index contributed by atoms with van der Waals surface area (Å²) in [6.45, 7) is 7.38. The van der Waals surface area contributed by atoms with Crippen LogP contribution < -0.4 is 4.74 Å². The summed E-state index contributed by atoms with van der Waals surface area (Å²) < 4.78 is 7.80. The predicted octanol–water partition coefficient (Wildman–Crippen LogP) is 6.91. The molecular formula is C22H23Cl2N3OS. The normalized spacial score (nSPS) is 10.9. The molecule has 7 heteroatoms. The fraction of sp³-hybridized carbons (Fsp3) is 0.273. The Morgan fingerprint density at radius 3 is 2.59 bits per heavy atom. The lowest BCUT2D eigenvalue weighted by Crippen LogP contribution is -2.01. The second-order valence-corrected chi connectivity index (χ2v) is 8.23. The molecular weight excluding hydrogens is 425 g/mol. The van der Waals surface area contributed by atoms with Gasteiger partial charge in [0, 0.05) is 17.9 Å². The van der Waals surface area contributed by atoms with Crippen LogP contribution in [0.3, 0.4) is 0 Å². The number of benzene rings is 2. The third-order valence-corrected chi connectivity index (χ3v) is 6.04. The van der Waals surface area contributed by atoms with Crippen molar-refractivity contribution >= 4 is 35.0 Å². The molecule has 3 aromatic rings. The van der Waals surface area contributed by atoms with Crippen molar-refractivity contribution in [2.75, 3.05) is 6.61 Å². The van der Waals surface area contributed by atoms with Gasteiger partial charge in [-0.1, -0.05) is 60.5 Å². The topological polar surface area (TPSA) is 39.9 Å². The first-order chi connectivity index (χ1) is 14.1. The summed E-state index contributed by atoms with van der Waals surface area (Å²) in [7, 11) is 0. The maximum atomic E-state index is 6.12. The molecule has 152 valence electrons. The van der Waals surface area contributed by atoms with Crippen LogP contribution >= 0.6 is 35.0 Å². The molecule has 0 fully saturated rings. The number of nitrogens with zero attached hydrogens (tertiary/aromatic N) is 3. The van der Waals surface area contributed by atoms with Crippen LogP contribution in [0.5, 0.6) is 5.75 Å². The summed E-state index contributed by atoms with van der Waals surface area (Å²) >= 11 is 13.7. The van der Waals surface area contributed by atoms with Gasteiger partial charge in [-0.3, -0.25) is 4.57 Å². The Hall–Kier alpha value is -1.95. The molecule has 0 atom stereocenters. The van der Waals surface area contributed by atoms with Gasteiger partial charge >= 0.3 is 0 Å². The monoisotopic (exact) mass is 447 g/mol. The summed E-state index contributed by atoms with van der Waals surface area (Å²) in [5.41, 5.74) is 2.07. The molecule has 4 nitrogen and oxygen atoms in total. The van der Waals surface area contributed by atoms with Crippen LogP contribution in [0.2, 0.25) is 10.0 Å². The molecule has 29 heavy (non-hydrogen) atoms. The van der Waals surface area contributed by atoms with Crippen LogP contribution in [-0.2, 0) is 12.3 Å². The van der Waals surface area contributed by atoms with E-state index in [1.165, 1.54) is 0 Å². The van der Waals surface area contributed by atoms with Gasteiger partial charge in [0.15, 0.2) is 11.0 Å². The number of rotatable bonds is 10. The maximum Gasteiger partial charge on any atom is 0.192 e. The Balaban J connectivity index is 1.75. The van der Waals surface area contributed by atoms with E-state index in [0.717, 1.165) is 53.1 Å². The minimum atomic E-state index is 0.555. The van der Waals surface area contributed by atoms with E-state index in [-0.39, 0.29) is 0 Å². The lowest BCUT2D eigenvalue weighted by atomic mass is 10.2. The molecule has 0 N–H and O–H groups in total. The van der Waals surface area contributed by atoms with Gasteiger partial charge in [0.25, 0.3) is 0 Å². The van der Waals surface area contributed by atoms with Crippen LogP contribution in [0.25, 0.3) is 11.4 Å². The zero-order valence-electron chi connectivity index (χ0n) is 16.3. The Morgan fingerprint density at radius 2 is 1.90 bits per heavy atom. The van der Waals surface area contributed by atoms with Crippen molar-refractivity contribution in [1.29, 1.82) is 0 Å². The highest BCUT2D eigenvalue weighted by atomic mass is 35.5. The minimum Gasteiger partial charge on any atom is -0.494 e.